The first-order valence-electron chi connectivity index (χ1n) is 7.96. The van der Waals surface area contributed by atoms with Crippen molar-refractivity contribution in [1.29, 1.82) is 0 Å². The molecular formula is C23H15. The van der Waals surface area contributed by atoms with Gasteiger partial charge >= 0.3 is 0 Å². The van der Waals surface area contributed by atoms with E-state index in [4.69, 9.17) is 0 Å². The van der Waals surface area contributed by atoms with E-state index in [2.05, 4.69) is 91.4 Å². The van der Waals surface area contributed by atoms with Gasteiger partial charge in [-0.25, -0.2) is 0 Å². The van der Waals surface area contributed by atoms with Gasteiger partial charge in [-0.15, -0.1) is 0 Å². The second-order valence-electron chi connectivity index (χ2n) is 6.10. The van der Waals surface area contributed by atoms with Crippen LogP contribution < -0.4 is 0 Å². The molecule has 0 bridgehead atoms. The normalized spacial score (nSPS) is 13.3. The monoisotopic (exact) mass is 291 g/mol. The highest BCUT2D eigenvalue weighted by molar-refractivity contribution is 6.00. The first kappa shape index (κ1) is 12.7. The Kier molecular flexibility index (Phi) is 2.65. The summed E-state index contributed by atoms with van der Waals surface area (Å²) in [5, 5.41) is 5.19. The van der Waals surface area contributed by atoms with E-state index >= 15 is 0 Å². The van der Waals surface area contributed by atoms with Crippen molar-refractivity contribution in [3.05, 3.63) is 108 Å². The van der Waals surface area contributed by atoms with Crippen molar-refractivity contribution in [2.45, 2.75) is 0 Å². The van der Waals surface area contributed by atoms with E-state index in [1.165, 1.54) is 43.8 Å². The van der Waals surface area contributed by atoms with Gasteiger partial charge in [0.25, 0.3) is 0 Å². The first-order valence-corrected chi connectivity index (χ1v) is 7.96. The Morgan fingerprint density at radius 1 is 0.522 bits per heavy atom. The lowest BCUT2D eigenvalue weighted by Crippen LogP contribution is -1.87. The molecule has 5 rings (SSSR count). The highest BCUT2D eigenvalue weighted by Gasteiger charge is 2.15. The van der Waals surface area contributed by atoms with Crippen LogP contribution in [0.1, 0.15) is 16.7 Å². The quantitative estimate of drug-likeness (QED) is 0.378. The SMILES string of the molecule is [CH]1C=C(c2ccc3cc4ccccc4cc3c2)c2ccccc21. The fraction of sp³-hybridized carbons (Fsp3) is 0. The van der Waals surface area contributed by atoms with Crippen LogP contribution in [-0.2, 0) is 0 Å². The molecule has 107 valence electrons. The van der Waals surface area contributed by atoms with E-state index in [1.54, 1.807) is 0 Å². The van der Waals surface area contributed by atoms with E-state index in [-0.39, 0.29) is 0 Å². The molecule has 1 aliphatic carbocycles. The van der Waals surface area contributed by atoms with Gasteiger partial charge in [-0.1, -0.05) is 66.7 Å². The molecular weight excluding hydrogens is 276 g/mol. The summed E-state index contributed by atoms with van der Waals surface area (Å²) < 4.78 is 0. The molecule has 0 aliphatic heterocycles. The number of allylic oxidation sites excluding steroid dienone is 1. The number of hydrogen-bond donors (Lipinski definition) is 0. The third-order valence-electron chi connectivity index (χ3n) is 4.70. The Hall–Kier alpha value is -2.86. The summed E-state index contributed by atoms with van der Waals surface area (Å²) in [6.45, 7) is 0. The zero-order valence-electron chi connectivity index (χ0n) is 12.7. The zero-order valence-corrected chi connectivity index (χ0v) is 12.7. The highest BCUT2D eigenvalue weighted by atomic mass is 14.2. The van der Waals surface area contributed by atoms with Gasteiger partial charge in [0.1, 0.15) is 0 Å². The van der Waals surface area contributed by atoms with E-state index in [9.17, 15) is 0 Å². The average Bonchev–Trinajstić information content (AvgIpc) is 3.03. The molecule has 23 heavy (non-hydrogen) atoms. The molecule has 1 radical (unpaired) electrons. The maximum atomic E-state index is 2.31. The molecule has 0 saturated carbocycles. The fourth-order valence-electron chi connectivity index (χ4n) is 3.51. The van der Waals surface area contributed by atoms with Gasteiger partial charge in [0.2, 0.25) is 0 Å². The minimum Gasteiger partial charge on any atom is -0.0676 e. The Morgan fingerprint density at radius 3 is 2.09 bits per heavy atom. The number of hydrogen-bond acceptors (Lipinski definition) is 0. The lowest BCUT2D eigenvalue weighted by atomic mass is 9.95. The van der Waals surface area contributed by atoms with Crippen LogP contribution in [0.3, 0.4) is 0 Å². The standard InChI is InChI=1S/C23H15/c1-2-7-18-14-21-15-20(10-9-19(21)13-17(18)6-1)23-12-11-16-5-3-4-8-22(16)23/h1-15H. The predicted molar refractivity (Wildman–Crippen MR) is 98.4 cm³/mol. The molecule has 4 aromatic rings. The Bertz CT molecular complexity index is 1080. The molecule has 0 unspecified atom stereocenters. The van der Waals surface area contributed by atoms with E-state index in [0.29, 0.717) is 0 Å². The van der Waals surface area contributed by atoms with Crippen LogP contribution in [0.4, 0.5) is 0 Å². The summed E-state index contributed by atoms with van der Waals surface area (Å²) in [7, 11) is 0. The maximum Gasteiger partial charge on any atom is 0.0138 e. The minimum atomic E-state index is 1.29. The molecule has 4 aromatic carbocycles. The molecule has 0 aromatic heterocycles. The molecule has 0 heterocycles. The van der Waals surface area contributed by atoms with Crippen LogP contribution in [-0.4, -0.2) is 0 Å². The molecule has 0 fully saturated rings. The van der Waals surface area contributed by atoms with Gasteiger partial charge in [0.15, 0.2) is 0 Å². The lowest BCUT2D eigenvalue weighted by molar-refractivity contribution is 1.53. The van der Waals surface area contributed by atoms with Crippen molar-refractivity contribution in [3.63, 3.8) is 0 Å². The topological polar surface area (TPSA) is 0 Å². The van der Waals surface area contributed by atoms with E-state index in [1.807, 2.05) is 0 Å². The Labute approximate surface area is 135 Å². The van der Waals surface area contributed by atoms with Crippen LogP contribution in [0.5, 0.6) is 0 Å². The average molecular weight is 291 g/mol. The van der Waals surface area contributed by atoms with Crippen LogP contribution >= 0.6 is 0 Å². The summed E-state index contributed by atoms with van der Waals surface area (Å²) >= 11 is 0. The van der Waals surface area contributed by atoms with Crippen molar-refractivity contribution in [2.24, 2.45) is 0 Å². The van der Waals surface area contributed by atoms with Gasteiger partial charge in [-0.3, -0.25) is 0 Å². The first-order chi connectivity index (χ1) is 11.4. The molecule has 0 N–H and O–H groups in total. The van der Waals surface area contributed by atoms with Crippen molar-refractivity contribution in [1.82, 2.24) is 0 Å². The molecule has 0 saturated heterocycles. The minimum absolute atomic E-state index is 1.29. The highest BCUT2D eigenvalue weighted by Crippen LogP contribution is 2.35. The maximum absolute atomic E-state index is 2.31. The Balaban J connectivity index is 1.70. The third kappa shape index (κ3) is 1.99. The fourth-order valence-corrected chi connectivity index (χ4v) is 3.51. The van der Waals surface area contributed by atoms with Crippen molar-refractivity contribution in [3.8, 4) is 0 Å². The largest absolute Gasteiger partial charge is 0.0676 e. The van der Waals surface area contributed by atoms with Crippen LogP contribution in [0, 0.1) is 6.42 Å². The smallest absolute Gasteiger partial charge is 0.0138 e. The molecule has 1 aliphatic rings. The van der Waals surface area contributed by atoms with Gasteiger partial charge in [-0.05, 0) is 62.0 Å². The molecule has 0 heteroatoms. The second kappa shape index (κ2) is 4.82. The van der Waals surface area contributed by atoms with E-state index < -0.39 is 0 Å². The van der Waals surface area contributed by atoms with Crippen molar-refractivity contribution >= 4 is 27.1 Å². The number of fused-ring (bicyclic) bond motifs is 3. The third-order valence-corrected chi connectivity index (χ3v) is 4.70. The summed E-state index contributed by atoms with van der Waals surface area (Å²) in [6.07, 6.45) is 4.43. The Morgan fingerprint density at radius 2 is 1.22 bits per heavy atom. The van der Waals surface area contributed by atoms with Gasteiger partial charge in [0, 0.05) is 6.42 Å². The number of rotatable bonds is 1. The molecule has 0 spiro atoms. The van der Waals surface area contributed by atoms with Gasteiger partial charge < -0.3 is 0 Å². The van der Waals surface area contributed by atoms with Crippen LogP contribution in [0.15, 0.2) is 84.9 Å². The molecule has 0 nitrogen and oxygen atoms in total. The number of benzene rings is 4. The molecule has 0 amide bonds. The van der Waals surface area contributed by atoms with Crippen LogP contribution in [0.25, 0.3) is 27.1 Å². The summed E-state index contributed by atoms with van der Waals surface area (Å²) in [5.41, 5.74) is 5.23. The second-order valence-corrected chi connectivity index (χ2v) is 6.10. The summed E-state index contributed by atoms with van der Waals surface area (Å²) in [4.78, 5) is 0. The molecule has 0 atom stereocenters. The predicted octanol–water partition coefficient (Wildman–Crippen LogP) is 5.99. The van der Waals surface area contributed by atoms with Gasteiger partial charge in [-0.2, -0.15) is 0 Å². The lowest BCUT2D eigenvalue weighted by Gasteiger charge is -2.09. The van der Waals surface area contributed by atoms with Crippen molar-refractivity contribution in [2.75, 3.05) is 0 Å². The van der Waals surface area contributed by atoms with Crippen molar-refractivity contribution < 1.29 is 0 Å². The summed E-state index contributed by atoms with van der Waals surface area (Å²) in [5.74, 6) is 0. The zero-order chi connectivity index (χ0) is 15.2. The summed E-state index contributed by atoms with van der Waals surface area (Å²) in [6, 6.07) is 28.5. The van der Waals surface area contributed by atoms with E-state index in [0.717, 1.165) is 0 Å². The van der Waals surface area contributed by atoms with Crippen LogP contribution in [0.2, 0.25) is 0 Å². The van der Waals surface area contributed by atoms with Gasteiger partial charge in [0.05, 0.1) is 0 Å².